The summed E-state index contributed by atoms with van der Waals surface area (Å²) >= 11 is 0. The zero-order valence-corrected chi connectivity index (χ0v) is 13.1. The molecule has 4 rings (SSSR count). The van der Waals surface area contributed by atoms with Crippen LogP contribution in [0.25, 0.3) is 27.2 Å². The number of allylic oxidation sites excluding steroid dienone is 1. The van der Waals surface area contributed by atoms with Crippen LogP contribution < -0.4 is 0 Å². The van der Waals surface area contributed by atoms with Crippen LogP contribution in [0.2, 0.25) is 0 Å². The molecule has 0 spiro atoms. The fourth-order valence-corrected chi connectivity index (χ4v) is 3.58. The lowest BCUT2D eigenvalue weighted by molar-refractivity contribution is 1.15. The van der Waals surface area contributed by atoms with Crippen LogP contribution in [0.15, 0.2) is 61.2 Å². The van der Waals surface area contributed by atoms with Crippen LogP contribution in [0.4, 0.5) is 0 Å². The highest BCUT2D eigenvalue weighted by atomic mass is 14.9. The van der Waals surface area contributed by atoms with Crippen LogP contribution in [0.3, 0.4) is 0 Å². The molecule has 0 unspecified atom stereocenters. The van der Waals surface area contributed by atoms with E-state index < -0.39 is 0 Å². The predicted octanol–water partition coefficient (Wildman–Crippen LogP) is 5.59. The van der Waals surface area contributed by atoms with E-state index in [1.807, 2.05) is 6.08 Å². The second kappa shape index (κ2) is 4.74. The van der Waals surface area contributed by atoms with Gasteiger partial charge in [0, 0.05) is 16.5 Å². The summed E-state index contributed by atoms with van der Waals surface area (Å²) in [7, 11) is 0. The van der Waals surface area contributed by atoms with Crippen molar-refractivity contribution in [1.82, 2.24) is 4.40 Å². The number of hydrogen-bond donors (Lipinski definition) is 0. The molecule has 0 saturated carbocycles. The molecular weight excluding hydrogens is 266 g/mol. The summed E-state index contributed by atoms with van der Waals surface area (Å²) in [6.07, 6.45) is 2.89. The Morgan fingerprint density at radius 1 is 1.00 bits per heavy atom. The molecule has 4 aromatic rings. The van der Waals surface area contributed by atoms with Crippen LogP contribution in [-0.4, -0.2) is 4.40 Å². The normalized spacial score (nSPS) is 11.5. The summed E-state index contributed by atoms with van der Waals surface area (Å²) in [5.74, 6) is 0. The first-order valence-electron chi connectivity index (χ1n) is 7.73. The average molecular weight is 285 g/mol. The van der Waals surface area contributed by atoms with Crippen molar-refractivity contribution in [2.75, 3.05) is 0 Å². The van der Waals surface area contributed by atoms with Gasteiger partial charge >= 0.3 is 0 Å². The smallest absolute Gasteiger partial charge is 0.0546 e. The zero-order chi connectivity index (χ0) is 15.3. The Kier molecular flexibility index (Phi) is 2.83. The Balaban J connectivity index is 2.31. The van der Waals surface area contributed by atoms with Crippen LogP contribution >= 0.6 is 0 Å². The molecule has 1 nitrogen and oxygen atoms in total. The van der Waals surface area contributed by atoms with Gasteiger partial charge in [0.15, 0.2) is 0 Å². The molecule has 2 heterocycles. The molecule has 2 aromatic heterocycles. The lowest BCUT2D eigenvalue weighted by Gasteiger charge is -2.13. The van der Waals surface area contributed by atoms with E-state index in [1.165, 1.54) is 44.0 Å². The Morgan fingerprint density at radius 2 is 1.82 bits per heavy atom. The Labute approximate surface area is 130 Å². The summed E-state index contributed by atoms with van der Waals surface area (Å²) in [4.78, 5) is 0. The Bertz CT molecular complexity index is 1030. The first-order chi connectivity index (χ1) is 10.7. The molecule has 108 valence electrons. The van der Waals surface area contributed by atoms with Gasteiger partial charge in [-0.2, -0.15) is 0 Å². The lowest BCUT2D eigenvalue weighted by atomic mass is 9.98. The number of para-hydroxylation sites is 1. The topological polar surface area (TPSA) is 4.41 Å². The number of fused-ring (bicyclic) bond motifs is 5. The summed E-state index contributed by atoms with van der Waals surface area (Å²) in [6.45, 7) is 8.30. The first-order valence-corrected chi connectivity index (χ1v) is 7.73. The van der Waals surface area contributed by atoms with Crippen molar-refractivity contribution < 1.29 is 0 Å². The van der Waals surface area contributed by atoms with E-state index in [9.17, 15) is 0 Å². The van der Waals surface area contributed by atoms with Gasteiger partial charge < -0.3 is 4.40 Å². The van der Waals surface area contributed by atoms with Gasteiger partial charge in [0.25, 0.3) is 0 Å². The summed E-state index contributed by atoms with van der Waals surface area (Å²) in [5, 5.41) is 4.01. The zero-order valence-electron chi connectivity index (χ0n) is 13.1. The van der Waals surface area contributed by atoms with Gasteiger partial charge in [0.2, 0.25) is 0 Å². The molecule has 2 aromatic carbocycles. The second-order valence-corrected chi connectivity index (χ2v) is 6.03. The number of aromatic nitrogens is 1. The van der Waals surface area contributed by atoms with Crippen molar-refractivity contribution in [2.45, 2.75) is 20.3 Å². The number of benzene rings is 2. The maximum atomic E-state index is 3.92. The molecule has 0 radical (unpaired) electrons. The van der Waals surface area contributed by atoms with Crippen molar-refractivity contribution in [3.63, 3.8) is 0 Å². The summed E-state index contributed by atoms with van der Waals surface area (Å²) < 4.78 is 2.38. The standard InChI is InChI=1S/C21H19N/c1-4-7-16-11-10-14(2)18-12-15(3)22-19-9-6-5-8-17(19)13-20(22)21(16)18/h4-6,8-13H,1,7H2,2-3H3. The minimum Gasteiger partial charge on any atom is -0.313 e. The Hall–Kier alpha value is -2.54. The molecule has 0 N–H and O–H groups in total. The number of pyridine rings is 1. The van der Waals surface area contributed by atoms with Gasteiger partial charge in [-0.3, -0.25) is 0 Å². The molecular formula is C21H19N. The van der Waals surface area contributed by atoms with Crippen LogP contribution in [-0.2, 0) is 6.42 Å². The summed E-state index contributed by atoms with van der Waals surface area (Å²) in [5.41, 5.74) is 6.55. The maximum absolute atomic E-state index is 3.92. The number of aryl methyl sites for hydroxylation is 2. The van der Waals surface area contributed by atoms with Crippen molar-refractivity contribution in [2.24, 2.45) is 0 Å². The second-order valence-electron chi connectivity index (χ2n) is 6.03. The van der Waals surface area contributed by atoms with E-state index in [0.717, 1.165) is 6.42 Å². The van der Waals surface area contributed by atoms with Gasteiger partial charge in [0.1, 0.15) is 0 Å². The van der Waals surface area contributed by atoms with E-state index in [4.69, 9.17) is 0 Å². The molecule has 0 aliphatic heterocycles. The molecule has 0 atom stereocenters. The Morgan fingerprint density at radius 3 is 2.64 bits per heavy atom. The van der Waals surface area contributed by atoms with Crippen molar-refractivity contribution in [3.8, 4) is 0 Å². The van der Waals surface area contributed by atoms with Gasteiger partial charge in [-0.05, 0) is 55.0 Å². The molecule has 0 aliphatic carbocycles. The third kappa shape index (κ3) is 1.72. The molecule has 1 heteroatoms. The minimum absolute atomic E-state index is 0.900. The number of rotatable bonds is 2. The fourth-order valence-electron chi connectivity index (χ4n) is 3.58. The third-order valence-corrected chi connectivity index (χ3v) is 4.59. The van der Waals surface area contributed by atoms with E-state index in [2.05, 4.69) is 73.4 Å². The number of nitrogens with zero attached hydrogens (tertiary/aromatic N) is 1. The lowest BCUT2D eigenvalue weighted by Crippen LogP contribution is -1.96. The largest absolute Gasteiger partial charge is 0.313 e. The van der Waals surface area contributed by atoms with E-state index in [0.29, 0.717) is 0 Å². The highest BCUT2D eigenvalue weighted by molar-refractivity contribution is 6.05. The van der Waals surface area contributed by atoms with Crippen molar-refractivity contribution in [1.29, 1.82) is 0 Å². The first kappa shape index (κ1) is 13.1. The predicted molar refractivity (Wildman–Crippen MR) is 95.8 cm³/mol. The van der Waals surface area contributed by atoms with E-state index >= 15 is 0 Å². The molecule has 0 amide bonds. The monoisotopic (exact) mass is 285 g/mol. The third-order valence-electron chi connectivity index (χ3n) is 4.59. The van der Waals surface area contributed by atoms with Crippen molar-refractivity contribution in [3.05, 3.63) is 78.0 Å². The van der Waals surface area contributed by atoms with Crippen LogP contribution in [0.1, 0.15) is 16.8 Å². The SMILES string of the molecule is C=CCc1ccc(C)c2cc(C)n3c4ccccc4cc3c12. The molecule has 22 heavy (non-hydrogen) atoms. The molecule has 0 fully saturated rings. The molecule has 0 aliphatic rings. The highest BCUT2D eigenvalue weighted by Gasteiger charge is 2.12. The van der Waals surface area contributed by atoms with Gasteiger partial charge in [-0.1, -0.05) is 36.4 Å². The van der Waals surface area contributed by atoms with Crippen molar-refractivity contribution >= 4 is 27.2 Å². The van der Waals surface area contributed by atoms with Gasteiger partial charge in [-0.25, -0.2) is 0 Å². The molecule has 0 saturated heterocycles. The van der Waals surface area contributed by atoms with E-state index in [-0.39, 0.29) is 0 Å². The highest BCUT2D eigenvalue weighted by Crippen LogP contribution is 2.33. The van der Waals surface area contributed by atoms with Gasteiger partial charge in [0.05, 0.1) is 11.0 Å². The van der Waals surface area contributed by atoms with Crippen LogP contribution in [0, 0.1) is 13.8 Å². The maximum Gasteiger partial charge on any atom is 0.0546 e. The van der Waals surface area contributed by atoms with E-state index in [1.54, 1.807) is 0 Å². The number of hydrogen-bond acceptors (Lipinski definition) is 0. The summed E-state index contributed by atoms with van der Waals surface area (Å²) in [6, 6.07) is 17.7. The average Bonchev–Trinajstić information content (AvgIpc) is 2.90. The molecule has 0 bridgehead atoms. The fraction of sp³-hybridized carbons (Fsp3) is 0.143. The quantitative estimate of drug-likeness (QED) is 0.423. The van der Waals surface area contributed by atoms with Crippen LogP contribution in [0.5, 0.6) is 0 Å². The van der Waals surface area contributed by atoms with Gasteiger partial charge in [-0.15, -0.1) is 6.58 Å². The minimum atomic E-state index is 0.900.